The van der Waals surface area contributed by atoms with Gasteiger partial charge in [0, 0.05) is 38.1 Å². The molecular formula is C19H24N6O3. The molecule has 5 heterocycles. The van der Waals surface area contributed by atoms with E-state index in [4.69, 9.17) is 14.3 Å². The summed E-state index contributed by atoms with van der Waals surface area (Å²) in [5.41, 5.74) is 0.377. The van der Waals surface area contributed by atoms with Crippen LogP contribution in [-0.4, -0.2) is 55.8 Å². The van der Waals surface area contributed by atoms with Gasteiger partial charge in [-0.05, 0) is 18.8 Å². The summed E-state index contributed by atoms with van der Waals surface area (Å²) in [4.78, 5) is 26.7. The van der Waals surface area contributed by atoms with Crippen LogP contribution in [0.5, 0.6) is 0 Å². The highest BCUT2D eigenvalue weighted by Crippen LogP contribution is 2.31. The third-order valence-electron chi connectivity index (χ3n) is 5.91. The third-order valence-corrected chi connectivity index (χ3v) is 5.91. The van der Waals surface area contributed by atoms with Crippen molar-refractivity contribution in [1.82, 2.24) is 29.5 Å². The van der Waals surface area contributed by atoms with Gasteiger partial charge in [0.05, 0.1) is 18.9 Å². The van der Waals surface area contributed by atoms with Crippen molar-refractivity contribution in [2.75, 3.05) is 26.3 Å². The SMILES string of the molecule is CC1CN(Cc2ncco2)CC1c1nn2c(C3CCOCC3)ncc2c(=O)[nH]1. The summed E-state index contributed by atoms with van der Waals surface area (Å²) >= 11 is 0. The molecule has 148 valence electrons. The van der Waals surface area contributed by atoms with Gasteiger partial charge < -0.3 is 14.1 Å². The number of nitrogens with zero attached hydrogens (tertiary/aromatic N) is 5. The first kappa shape index (κ1) is 17.6. The maximum Gasteiger partial charge on any atom is 0.276 e. The Morgan fingerprint density at radius 1 is 1.25 bits per heavy atom. The number of H-pyrrole nitrogens is 1. The lowest BCUT2D eigenvalue weighted by Gasteiger charge is -2.21. The molecule has 0 saturated carbocycles. The number of aromatic nitrogens is 5. The van der Waals surface area contributed by atoms with Gasteiger partial charge in [-0.15, -0.1) is 0 Å². The van der Waals surface area contributed by atoms with E-state index < -0.39 is 0 Å². The standard InChI is InChI=1S/C19H24N6O3/c1-12-9-24(11-16-20-4-7-28-16)10-14(12)17-22-19(26)15-8-21-18(25(15)23-17)13-2-5-27-6-3-13/h4,7-8,12-14H,2-3,5-6,9-11H2,1H3,(H,22,23,26). The Bertz CT molecular complexity index is 1000. The van der Waals surface area contributed by atoms with Crippen LogP contribution in [0.3, 0.4) is 0 Å². The molecule has 1 N–H and O–H groups in total. The fourth-order valence-corrected chi connectivity index (χ4v) is 4.41. The zero-order valence-corrected chi connectivity index (χ0v) is 15.9. The van der Waals surface area contributed by atoms with Crippen LogP contribution in [0.1, 0.15) is 49.1 Å². The maximum atomic E-state index is 12.7. The van der Waals surface area contributed by atoms with Crippen molar-refractivity contribution in [2.24, 2.45) is 5.92 Å². The molecule has 5 rings (SSSR count). The molecule has 2 aliphatic rings. The van der Waals surface area contributed by atoms with Gasteiger partial charge in [0.1, 0.15) is 17.9 Å². The Labute approximate surface area is 161 Å². The minimum Gasteiger partial charge on any atom is -0.448 e. The van der Waals surface area contributed by atoms with Crippen LogP contribution in [0, 0.1) is 5.92 Å². The molecule has 0 aromatic carbocycles. The van der Waals surface area contributed by atoms with E-state index in [1.54, 1.807) is 23.2 Å². The Kier molecular flexibility index (Phi) is 4.48. The molecule has 2 aliphatic heterocycles. The predicted molar refractivity (Wildman–Crippen MR) is 100 cm³/mol. The average Bonchev–Trinajstić information content (AvgIpc) is 3.43. The third kappa shape index (κ3) is 3.14. The van der Waals surface area contributed by atoms with Crippen molar-refractivity contribution in [3.05, 3.63) is 46.6 Å². The molecule has 28 heavy (non-hydrogen) atoms. The summed E-state index contributed by atoms with van der Waals surface area (Å²) < 4.78 is 12.6. The molecule has 2 fully saturated rings. The van der Waals surface area contributed by atoms with E-state index in [1.165, 1.54) is 0 Å². The molecule has 2 saturated heterocycles. The molecule has 0 spiro atoms. The van der Waals surface area contributed by atoms with E-state index >= 15 is 0 Å². The van der Waals surface area contributed by atoms with E-state index in [1.807, 2.05) is 0 Å². The summed E-state index contributed by atoms with van der Waals surface area (Å²) in [5.74, 6) is 3.10. The number of likely N-dealkylation sites (tertiary alicyclic amines) is 1. The van der Waals surface area contributed by atoms with Gasteiger partial charge >= 0.3 is 0 Å². The van der Waals surface area contributed by atoms with Crippen LogP contribution in [-0.2, 0) is 11.3 Å². The van der Waals surface area contributed by atoms with Crippen LogP contribution in [0.2, 0.25) is 0 Å². The number of oxazole rings is 1. The predicted octanol–water partition coefficient (Wildman–Crippen LogP) is 1.54. The highest BCUT2D eigenvalue weighted by molar-refractivity contribution is 5.42. The van der Waals surface area contributed by atoms with Crippen molar-refractivity contribution in [2.45, 2.75) is 38.1 Å². The summed E-state index contributed by atoms with van der Waals surface area (Å²) in [6.45, 7) is 6.03. The van der Waals surface area contributed by atoms with E-state index in [2.05, 4.69) is 26.8 Å². The molecule has 3 aromatic heterocycles. The summed E-state index contributed by atoms with van der Waals surface area (Å²) in [6, 6.07) is 0. The summed E-state index contributed by atoms with van der Waals surface area (Å²) in [7, 11) is 0. The van der Waals surface area contributed by atoms with Gasteiger partial charge in [-0.2, -0.15) is 5.10 Å². The van der Waals surface area contributed by atoms with Gasteiger partial charge in [0.15, 0.2) is 5.52 Å². The first-order valence-corrected chi connectivity index (χ1v) is 9.85. The van der Waals surface area contributed by atoms with Crippen molar-refractivity contribution in [3.63, 3.8) is 0 Å². The fourth-order valence-electron chi connectivity index (χ4n) is 4.41. The molecule has 9 heteroatoms. The second kappa shape index (κ2) is 7.14. The molecule has 0 radical (unpaired) electrons. The molecule has 2 atom stereocenters. The van der Waals surface area contributed by atoms with Crippen LogP contribution >= 0.6 is 0 Å². The molecular weight excluding hydrogens is 360 g/mol. The highest BCUT2D eigenvalue weighted by Gasteiger charge is 2.34. The first-order chi connectivity index (χ1) is 13.7. The molecule has 9 nitrogen and oxygen atoms in total. The van der Waals surface area contributed by atoms with Gasteiger partial charge in [0.2, 0.25) is 5.89 Å². The monoisotopic (exact) mass is 384 g/mol. The van der Waals surface area contributed by atoms with Gasteiger partial charge in [-0.1, -0.05) is 6.92 Å². The van der Waals surface area contributed by atoms with Crippen LogP contribution in [0.25, 0.3) is 5.52 Å². The number of fused-ring (bicyclic) bond motifs is 1. The van der Waals surface area contributed by atoms with Crippen molar-refractivity contribution < 1.29 is 9.15 Å². The molecule has 2 unspecified atom stereocenters. The Hall–Kier alpha value is -2.52. The van der Waals surface area contributed by atoms with Crippen LogP contribution in [0.15, 0.2) is 27.9 Å². The van der Waals surface area contributed by atoms with Gasteiger partial charge in [0.25, 0.3) is 5.56 Å². The minimum atomic E-state index is -0.130. The quantitative estimate of drug-likeness (QED) is 0.728. The fraction of sp³-hybridized carbons (Fsp3) is 0.579. The zero-order chi connectivity index (χ0) is 19.1. The normalized spacial score (nSPS) is 24.3. The Balaban J connectivity index is 1.44. The number of hydrogen-bond donors (Lipinski definition) is 1. The van der Waals surface area contributed by atoms with Crippen molar-refractivity contribution in [1.29, 1.82) is 0 Å². The number of imidazole rings is 1. The van der Waals surface area contributed by atoms with E-state index in [-0.39, 0.29) is 17.4 Å². The van der Waals surface area contributed by atoms with E-state index in [0.29, 0.717) is 23.9 Å². The molecule has 3 aromatic rings. The number of ether oxygens (including phenoxy) is 1. The summed E-state index contributed by atoms with van der Waals surface area (Å²) in [5, 5.41) is 4.83. The average molecular weight is 384 g/mol. The molecule has 0 amide bonds. The number of rotatable bonds is 4. The maximum absolute atomic E-state index is 12.7. The first-order valence-electron chi connectivity index (χ1n) is 9.85. The van der Waals surface area contributed by atoms with Crippen LogP contribution < -0.4 is 5.56 Å². The minimum absolute atomic E-state index is 0.130. The van der Waals surface area contributed by atoms with Gasteiger partial charge in [-0.25, -0.2) is 14.5 Å². The Morgan fingerprint density at radius 3 is 2.89 bits per heavy atom. The number of nitrogens with one attached hydrogen (secondary N) is 1. The second-order valence-corrected chi connectivity index (χ2v) is 7.84. The van der Waals surface area contributed by atoms with Crippen LogP contribution in [0.4, 0.5) is 0 Å². The summed E-state index contributed by atoms with van der Waals surface area (Å²) in [6.07, 6.45) is 6.71. The van der Waals surface area contributed by atoms with Gasteiger partial charge in [-0.3, -0.25) is 9.69 Å². The highest BCUT2D eigenvalue weighted by atomic mass is 16.5. The topological polar surface area (TPSA) is 102 Å². The lowest BCUT2D eigenvalue weighted by molar-refractivity contribution is 0.0832. The molecule has 0 bridgehead atoms. The molecule has 0 aliphatic carbocycles. The lowest BCUT2D eigenvalue weighted by Crippen LogP contribution is -2.24. The lowest BCUT2D eigenvalue weighted by atomic mass is 9.97. The number of hydrogen-bond acceptors (Lipinski definition) is 7. The Morgan fingerprint density at radius 2 is 2.11 bits per heavy atom. The van der Waals surface area contributed by atoms with Crippen molar-refractivity contribution >= 4 is 5.52 Å². The largest absolute Gasteiger partial charge is 0.448 e. The zero-order valence-electron chi connectivity index (χ0n) is 15.9. The smallest absolute Gasteiger partial charge is 0.276 e. The van der Waals surface area contributed by atoms with Crippen molar-refractivity contribution in [3.8, 4) is 0 Å². The van der Waals surface area contributed by atoms with E-state index in [0.717, 1.165) is 50.8 Å². The number of aromatic amines is 1. The second-order valence-electron chi connectivity index (χ2n) is 7.84. The van der Waals surface area contributed by atoms with E-state index in [9.17, 15) is 4.79 Å².